The average molecular weight is 394 g/mol. The molecule has 7 heteroatoms. The van der Waals surface area contributed by atoms with Crippen molar-refractivity contribution in [2.24, 2.45) is 5.92 Å². The van der Waals surface area contributed by atoms with Crippen LogP contribution < -0.4 is 5.32 Å². The maximum Gasteiger partial charge on any atom is 0.326 e. The Morgan fingerprint density at radius 3 is 2.21 bits per heavy atom. The molecule has 7 nitrogen and oxygen atoms in total. The number of hydrogen-bond acceptors (Lipinski definition) is 4. The Labute approximate surface area is 168 Å². The Bertz CT molecular complexity index is 950. The van der Waals surface area contributed by atoms with Gasteiger partial charge in [0.05, 0.1) is 17.7 Å². The number of nitrogens with one attached hydrogen (secondary N) is 1. The van der Waals surface area contributed by atoms with E-state index in [1.165, 1.54) is 0 Å². The zero-order chi connectivity index (χ0) is 21.1. The lowest BCUT2D eigenvalue weighted by Gasteiger charge is -2.20. The van der Waals surface area contributed by atoms with Crippen LogP contribution in [0.1, 0.15) is 56.9 Å². The van der Waals surface area contributed by atoms with Crippen molar-refractivity contribution in [3.8, 4) is 0 Å². The summed E-state index contributed by atoms with van der Waals surface area (Å²) in [5, 5.41) is 11.9. The summed E-state index contributed by atoms with van der Waals surface area (Å²) >= 11 is 0. The van der Waals surface area contributed by atoms with Crippen molar-refractivity contribution < 1.29 is 24.3 Å². The molecule has 2 aromatic rings. The maximum absolute atomic E-state index is 12.6. The Morgan fingerprint density at radius 1 is 1.03 bits per heavy atom. The molecule has 1 aliphatic rings. The number of carboxylic acids is 1. The lowest BCUT2D eigenvalue weighted by atomic mass is 9.98. The van der Waals surface area contributed by atoms with Crippen LogP contribution in [0.2, 0.25) is 0 Å². The lowest BCUT2D eigenvalue weighted by molar-refractivity contribution is -0.140. The number of carbonyl (C=O) groups excluding carboxylic acids is 3. The number of amides is 3. The van der Waals surface area contributed by atoms with Crippen molar-refractivity contribution in [1.29, 1.82) is 0 Å². The Kier molecular flexibility index (Phi) is 5.77. The van der Waals surface area contributed by atoms with Gasteiger partial charge < -0.3 is 10.4 Å². The third-order valence-corrected chi connectivity index (χ3v) is 5.17. The standard InChI is InChI=1S/C22H22N2O5/c1-3-13(2)18(22(28)29)23-19(25)15-8-6-7-14(11-15)12-24-20(26)16-9-4-5-10-17(16)21(24)27/h4-11,13,18H,3,12H2,1-2H3,(H,23,25)(H,28,29)/t13-,18-/m0/s1. The van der Waals surface area contributed by atoms with Gasteiger partial charge in [0.25, 0.3) is 17.7 Å². The van der Waals surface area contributed by atoms with Gasteiger partial charge in [0.15, 0.2) is 0 Å². The first-order valence-electron chi connectivity index (χ1n) is 9.41. The van der Waals surface area contributed by atoms with Gasteiger partial charge in [0.1, 0.15) is 6.04 Å². The van der Waals surface area contributed by atoms with Crippen LogP contribution in [0.15, 0.2) is 48.5 Å². The van der Waals surface area contributed by atoms with E-state index in [4.69, 9.17) is 0 Å². The van der Waals surface area contributed by atoms with Gasteiger partial charge in [-0.1, -0.05) is 44.5 Å². The SMILES string of the molecule is CC[C@H](C)[C@H](NC(=O)c1cccc(CN2C(=O)c3ccccc3C2=O)c1)C(=O)O. The lowest BCUT2D eigenvalue weighted by Crippen LogP contribution is -2.45. The van der Waals surface area contributed by atoms with Crippen LogP contribution in [0, 0.1) is 5.92 Å². The van der Waals surface area contributed by atoms with Crippen LogP contribution in [0.4, 0.5) is 0 Å². The molecule has 0 fully saturated rings. The van der Waals surface area contributed by atoms with Crippen molar-refractivity contribution in [1.82, 2.24) is 10.2 Å². The van der Waals surface area contributed by atoms with Gasteiger partial charge in [-0.2, -0.15) is 0 Å². The topological polar surface area (TPSA) is 104 Å². The Morgan fingerprint density at radius 2 is 1.66 bits per heavy atom. The summed E-state index contributed by atoms with van der Waals surface area (Å²) in [5.74, 6) is -2.57. The minimum absolute atomic E-state index is 0.0290. The van der Waals surface area contributed by atoms with Crippen LogP contribution in [0.25, 0.3) is 0 Å². The molecule has 0 aliphatic carbocycles. The number of imide groups is 1. The molecule has 1 aliphatic heterocycles. The highest BCUT2D eigenvalue weighted by Crippen LogP contribution is 2.24. The third kappa shape index (κ3) is 4.03. The number of rotatable bonds is 7. The summed E-state index contributed by atoms with van der Waals surface area (Å²) in [7, 11) is 0. The van der Waals surface area contributed by atoms with Crippen LogP contribution in [-0.4, -0.2) is 39.7 Å². The van der Waals surface area contributed by atoms with E-state index in [-0.39, 0.29) is 29.8 Å². The molecule has 29 heavy (non-hydrogen) atoms. The molecule has 3 rings (SSSR count). The Hall–Kier alpha value is -3.48. The van der Waals surface area contributed by atoms with Crippen molar-refractivity contribution in [3.63, 3.8) is 0 Å². The second-order valence-corrected chi connectivity index (χ2v) is 7.12. The molecule has 150 valence electrons. The predicted octanol–water partition coefficient (Wildman–Crippen LogP) is 2.71. The monoisotopic (exact) mass is 394 g/mol. The van der Waals surface area contributed by atoms with E-state index in [0.29, 0.717) is 23.1 Å². The summed E-state index contributed by atoms with van der Waals surface area (Å²) < 4.78 is 0. The molecule has 0 aromatic heterocycles. The highest BCUT2D eigenvalue weighted by Gasteiger charge is 2.35. The minimum Gasteiger partial charge on any atom is -0.480 e. The van der Waals surface area contributed by atoms with Crippen molar-refractivity contribution in [2.75, 3.05) is 0 Å². The van der Waals surface area contributed by atoms with Crippen LogP contribution in [0.5, 0.6) is 0 Å². The molecule has 1 heterocycles. The summed E-state index contributed by atoms with van der Waals surface area (Å²) in [6, 6.07) is 12.1. The van der Waals surface area contributed by atoms with Crippen molar-refractivity contribution in [2.45, 2.75) is 32.9 Å². The van der Waals surface area contributed by atoms with Gasteiger partial charge in [-0.05, 0) is 35.7 Å². The molecule has 3 amide bonds. The molecule has 0 saturated heterocycles. The van der Waals surface area contributed by atoms with E-state index in [2.05, 4.69) is 5.32 Å². The number of fused-ring (bicyclic) bond motifs is 1. The molecule has 0 radical (unpaired) electrons. The number of aliphatic carboxylic acids is 1. The predicted molar refractivity (Wildman–Crippen MR) is 105 cm³/mol. The fraction of sp³-hybridized carbons (Fsp3) is 0.273. The number of carboxylic acid groups (broad SMARTS) is 1. The molecule has 0 bridgehead atoms. The zero-order valence-corrected chi connectivity index (χ0v) is 16.2. The van der Waals surface area contributed by atoms with Crippen molar-refractivity contribution >= 4 is 23.7 Å². The third-order valence-electron chi connectivity index (χ3n) is 5.17. The van der Waals surface area contributed by atoms with Gasteiger partial charge in [0.2, 0.25) is 0 Å². The van der Waals surface area contributed by atoms with Gasteiger partial charge in [-0.25, -0.2) is 4.79 Å². The number of benzene rings is 2. The van der Waals surface area contributed by atoms with Crippen LogP contribution in [-0.2, 0) is 11.3 Å². The zero-order valence-electron chi connectivity index (χ0n) is 16.2. The summed E-state index contributed by atoms with van der Waals surface area (Å²) in [4.78, 5) is 50.2. The molecule has 0 saturated carbocycles. The first kappa shape index (κ1) is 20.3. The minimum atomic E-state index is -1.09. The van der Waals surface area contributed by atoms with E-state index >= 15 is 0 Å². The summed E-state index contributed by atoms with van der Waals surface area (Å²) in [6.45, 7) is 3.65. The van der Waals surface area contributed by atoms with E-state index in [1.807, 2.05) is 6.92 Å². The first-order chi connectivity index (χ1) is 13.8. The van der Waals surface area contributed by atoms with Gasteiger partial charge in [-0.3, -0.25) is 19.3 Å². The fourth-order valence-corrected chi connectivity index (χ4v) is 3.28. The van der Waals surface area contributed by atoms with Gasteiger partial charge in [0, 0.05) is 5.56 Å². The molecule has 0 spiro atoms. The second-order valence-electron chi connectivity index (χ2n) is 7.12. The summed E-state index contributed by atoms with van der Waals surface area (Å²) in [6.07, 6.45) is 0.608. The van der Waals surface area contributed by atoms with Gasteiger partial charge in [-0.15, -0.1) is 0 Å². The molecule has 2 N–H and O–H groups in total. The summed E-state index contributed by atoms with van der Waals surface area (Å²) in [5.41, 5.74) is 1.60. The van der Waals surface area contributed by atoms with E-state index in [0.717, 1.165) is 4.90 Å². The van der Waals surface area contributed by atoms with Crippen LogP contribution >= 0.6 is 0 Å². The fourth-order valence-electron chi connectivity index (χ4n) is 3.28. The normalized spacial score (nSPS) is 15.0. The molecular formula is C22H22N2O5. The largest absolute Gasteiger partial charge is 0.480 e. The second kappa shape index (κ2) is 8.26. The quantitative estimate of drug-likeness (QED) is 0.703. The highest BCUT2D eigenvalue weighted by atomic mass is 16.4. The van der Waals surface area contributed by atoms with Crippen molar-refractivity contribution in [3.05, 3.63) is 70.8 Å². The van der Waals surface area contributed by atoms with E-state index in [9.17, 15) is 24.3 Å². The van der Waals surface area contributed by atoms with Gasteiger partial charge >= 0.3 is 5.97 Å². The maximum atomic E-state index is 12.6. The molecule has 2 aromatic carbocycles. The molecule has 0 unspecified atom stereocenters. The molecular weight excluding hydrogens is 372 g/mol. The molecule has 2 atom stereocenters. The smallest absolute Gasteiger partial charge is 0.326 e. The number of hydrogen-bond donors (Lipinski definition) is 2. The Balaban J connectivity index is 1.77. The average Bonchev–Trinajstić information content (AvgIpc) is 2.96. The number of nitrogens with zero attached hydrogens (tertiary/aromatic N) is 1. The van der Waals surface area contributed by atoms with E-state index in [1.54, 1.807) is 55.5 Å². The van der Waals surface area contributed by atoms with Crippen LogP contribution in [0.3, 0.4) is 0 Å². The van der Waals surface area contributed by atoms with E-state index < -0.39 is 17.9 Å². The first-order valence-corrected chi connectivity index (χ1v) is 9.41. The number of carbonyl (C=O) groups is 4. The highest BCUT2D eigenvalue weighted by molar-refractivity contribution is 6.21.